The van der Waals surface area contributed by atoms with Crippen LogP contribution in [0.5, 0.6) is 0 Å². The zero-order valence-corrected chi connectivity index (χ0v) is 11.2. The van der Waals surface area contributed by atoms with Gasteiger partial charge in [0.05, 0.1) is 23.1 Å². The molecule has 1 heterocycles. The summed E-state index contributed by atoms with van der Waals surface area (Å²) in [5, 5.41) is 13.5. The van der Waals surface area contributed by atoms with Crippen LogP contribution < -0.4 is 0 Å². The Morgan fingerprint density at radius 3 is 2.28 bits per heavy atom. The van der Waals surface area contributed by atoms with Crippen LogP contribution in [0.15, 0.2) is 24.4 Å². The molecule has 1 aromatic carbocycles. The minimum absolute atomic E-state index is 0.267. The monoisotopic (exact) mass is 239 g/mol. The second-order valence-corrected chi connectivity index (χ2v) is 4.97. The summed E-state index contributed by atoms with van der Waals surface area (Å²) < 4.78 is 1.88. The van der Waals surface area contributed by atoms with Gasteiger partial charge in [0.1, 0.15) is 6.07 Å². The van der Waals surface area contributed by atoms with Crippen LogP contribution >= 0.6 is 0 Å². The molecule has 18 heavy (non-hydrogen) atoms. The van der Waals surface area contributed by atoms with E-state index in [4.69, 9.17) is 5.26 Å². The van der Waals surface area contributed by atoms with Crippen molar-refractivity contribution >= 4 is 0 Å². The summed E-state index contributed by atoms with van der Waals surface area (Å²) >= 11 is 0. The minimum atomic E-state index is 0.267. The van der Waals surface area contributed by atoms with Gasteiger partial charge in [-0.1, -0.05) is 19.9 Å². The summed E-state index contributed by atoms with van der Waals surface area (Å²) in [6.45, 7) is 8.30. The Balaban J connectivity index is 2.64. The molecule has 1 aromatic heterocycles. The molecular formula is C15H17N3. The van der Waals surface area contributed by atoms with Gasteiger partial charge in [-0.25, -0.2) is 4.68 Å². The Morgan fingerprint density at radius 2 is 1.78 bits per heavy atom. The Kier molecular flexibility index (Phi) is 3.20. The molecule has 0 N–H and O–H groups in total. The first-order valence-electron chi connectivity index (χ1n) is 6.09. The van der Waals surface area contributed by atoms with Crippen molar-refractivity contribution in [3.63, 3.8) is 0 Å². The summed E-state index contributed by atoms with van der Waals surface area (Å²) in [6.07, 6.45) is 1.65. The number of hydrogen-bond donors (Lipinski definition) is 0. The third-order valence-electron chi connectivity index (χ3n) is 2.92. The van der Waals surface area contributed by atoms with Gasteiger partial charge in [0.2, 0.25) is 0 Å². The van der Waals surface area contributed by atoms with E-state index in [2.05, 4.69) is 57.1 Å². The van der Waals surface area contributed by atoms with E-state index in [9.17, 15) is 0 Å². The lowest BCUT2D eigenvalue weighted by Gasteiger charge is -2.12. The van der Waals surface area contributed by atoms with Crippen molar-refractivity contribution in [2.24, 2.45) is 0 Å². The van der Waals surface area contributed by atoms with Crippen LogP contribution in [-0.4, -0.2) is 9.78 Å². The Labute approximate surface area is 108 Å². The first kappa shape index (κ1) is 12.4. The fraction of sp³-hybridized carbons (Fsp3) is 0.333. The van der Waals surface area contributed by atoms with E-state index in [1.807, 2.05) is 4.68 Å². The van der Waals surface area contributed by atoms with Crippen molar-refractivity contribution in [1.82, 2.24) is 9.78 Å². The van der Waals surface area contributed by atoms with Gasteiger partial charge in [0.15, 0.2) is 0 Å². The fourth-order valence-corrected chi connectivity index (χ4v) is 2.28. The second-order valence-electron chi connectivity index (χ2n) is 4.97. The van der Waals surface area contributed by atoms with Gasteiger partial charge in [-0.15, -0.1) is 0 Å². The molecule has 0 atom stereocenters. The molecule has 0 bridgehead atoms. The maximum Gasteiger partial charge on any atom is 0.103 e. The highest BCUT2D eigenvalue weighted by atomic mass is 15.3. The van der Waals surface area contributed by atoms with E-state index < -0.39 is 0 Å². The molecule has 0 unspecified atom stereocenters. The van der Waals surface area contributed by atoms with Crippen LogP contribution in [-0.2, 0) is 0 Å². The van der Waals surface area contributed by atoms with Gasteiger partial charge in [0, 0.05) is 0 Å². The van der Waals surface area contributed by atoms with E-state index in [1.165, 1.54) is 11.1 Å². The Hall–Kier alpha value is -2.08. The number of nitrogens with zero attached hydrogens (tertiary/aromatic N) is 3. The maximum atomic E-state index is 9.13. The molecule has 0 aliphatic rings. The predicted octanol–water partition coefficient (Wildman–Crippen LogP) is 3.48. The zero-order chi connectivity index (χ0) is 13.3. The average Bonchev–Trinajstić information content (AvgIpc) is 2.71. The highest BCUT2D eigenvalue weighted by molar-refractivity contribution is 5.44. The number of nitriles is 1. The third kappa shape index (κ3) is 2.14. The standard InChI is InChI=1S/C15H17N3/c1-10(2)15-13(8-16)9-17-18(15)14-6-11(3)5-12(4)7-14/h5-7,9-10H,1-4H3. The lowest BCUT2D eigenvalue weighted by molar-refractivity contribution is 0.732. The molecule has 0 aliphatic carbocycles. The average molecular weight is 239 g/mol. The van der Waals surface area contributed by atoms with Crippen molar-refractivity contribution in [3.05, 3.63) is 46.8 Å². The number of hydrogen-bond acceptors (Lipinski definition) is 2. The SMILES string of the molecule is Cc1cc(C)cc(-n2ncc(C#N)c2C(C)C)c1. The quantitative estimate of drug-likeness (QED) is 0.805. The fourth-order valence-electron chi connectivity index (χ4n) is 2.28. The van der Waals surface area contributed by atoms with E-state index >= 15 is 0 Å². The van der Waals surface area contributed by atoms with Crippen LogP contribution in [0, 0.1) is 25.2 Å². The van der Waals surface area contributed by atoms with E-state index in [1.54, 1.807) is 6.20 Å². The van der Waals surface area contributed by atoms with Crippen molar-refractivity contribution in [3.8, 4) is 11.8 Å². The van der Waals surface area contributed by atoms with Gasteiger partial charge >= 0.3 is 0 Å². The first-order valence-corrected chi connectivity index (χ1v) is 6.09. The molecule has 0 spiro atoms. The number of aryl methyl sites for hydroxylation is 2. The largest absolute Gasteiger partial charge is 0.236 e. The lowest BCUT2D eigenvalue weighted by Crippen LogP contribution is -2.05. The van der Waals surface area contributed by atoms with Gasteiger partial charge in [-0.3, -0.25) is 0 Å². The topological polar surface area (TPSA) is 41.6 Å². The highest BCUT2D eigenvalue weighted by Gasteiger charge is 2.15. The van der Waals surface area contributed by atoms with Crippen molar-refractivity contribution in [2.45, 2.75) is 33.6 Å². The molecule has 0 saturated carbocycles. The Bertz CT molecular complexity index is 595. The summed E-state index contributed by atoms with van der Waals surface area (Å²) in [4.78, 5) is 0. The van der Waals surface area contributed by atoms with Crippen LogP contribution in [0.1, 0.15) is 42.1 Å². The molecule has 3 nitrogen and oxygen atoms in total. The molecule has 0 radical (unpaired) electrons. The lowest BCUT2D eigenvalue weighted by atomic mass is 10.1. The highest BCUT2D eigenvalue weighted by Crippen LogP contribution is 2.23. The molecule has 2 rings (SSSR count). The van der Waals surface area contributed by atoms with E-state index in [0.29, 0.717) is 5.56 Å². The normalized spacial score (nSPS) is 10.7. The number of rotatable bonds is 2. The number of aromatic nitrogens is 2. The summed E-state index contributed by atoms with van der Waals surface area (Å²) in [6, 6.07) is 8.53. The van der Waals surface area contributed by atoms with Gasteiger partial charge in [-0.2, -0.15) is 10.4 Å². The van der Waals surface area contributed by atoms with Gasteiger partial charge < -0.3 is 0 Å². The van der Waals surface area contributed by atoms with Crippen molar-refractivity contribution < 1.29 is 0 Å². The predicted molar refractivity (Wildman–Crippen MR) is 71.8 cm³/mol. The first-order chi connectivity index (χ1) is 8.52. The second kappa shape index (κ2) is 4.66. The molecule has 0 saturated heterocycles. The van der Waals surface area contributed by atoms with Crippen LogP contribution in [0.25, 0.3) is 5.69 Å². The molecule has 92 valence electrons. The van der Waals surface area contributed by atoms with Crippen LogP contribution in [0.3, 0.4) is 0 Å². The summed E-state index contributed by atoms with van der Waals surface area (Å²) in [7, 11) is 0. The molecule has 0 aliphatic heterocycles. The molecule has 2 aromatic rings. The smallest absolute Gasteiger partial charge is 0.103 e. The number of benzene rings is 1. The maximum absolute atomic E-state index is 9.13. The summed E-state index contributed by atoms with van der Waals surface area (Å²) in [5.41, 5.74) is 5.06. The molecule has 0 amide bonds. The zero-order valence-electron chi connectivity index (χ0n) is 11.2. The van der Waals surface area contributed by atoms with Crippen molar-refractivity contribution in [2.75, 3.05) is 0 Å². The van der Waals surface area contributed by atoms with E-state index in [0.717, 1.165) is 11.4 Å². The van der Waals surface area contributed by atoms with Crippen LogP contribution in [0.2, 0.25) is 0 Å². The Morgan fingerprint density at radius 1 is 1.17 bits per heavy atom. The van der Waals surface area contributed by atoms with Crippen molar-refractivity contribution in [1.29, 1.82) is 5.26 Å². The molecule has 0 fully saturated rings. The van der Waals surface area contributed by atoms with E-state index in [-0.39, 0.29) is 5.92 Å². The third-order valence-corrected chi connectivity index (χ3v) is 2.92. The van der Waals surface area contributed by atoms with Gasteiger partial charge in [0.25, 0.3) is 0 Å². The van der Waals surface area contributed by atoms with Gasteiger partial charge in [-0.05, 0) is 43.0 Å². The van der Waals surface area contributed by atoms with Crippen LogP contribution in [0.4, 0.5) is 0 Å². The minimum Gasteiger partial charge on any atom is -0.236 e. The summed E-state index contributed by atoms with van der Waals surface area (Å²) in [5.74, 6) is 0.267. The molecular weight excluding hydrogens is 222 g/mol. The molecule has 3 heteroatoms.